The minimum Gasteiger partial charge on any atom is -0.382 e. The molecule has 3 nitrogen and oxygen atoms in total. The van der Waals surface area contributed by atoms with Crippen molar-refractivity contribution in [2.24, 2.45) is 5.92 Å². The van der Waals surface area contributed by atoms with Gasteiger partial charge in [-0.2, -0.15) is 0 Å². The molecule has 18 heavy (non-hydrogen) atoms. The first-order valence-corrected chi connectivity index (χ1v) is 7.50. The Morgan fingerprint density at radius 3 is 2.89 bits per heavy atom. The summed E-state index contributed by atoms with van der Waals surface area (Å²) >= 11 is 0. The fourth-order valence-corrected chi connectivity index (χ4v) is 3.37. The van der Waals surface area contributed by atoms with Crippen LogP contribution in [0.5, 0.6) is 0 Å². The van der Waals surface area contributed by atoms with Crippen LogP contribution in [0.4, 0.5) is 0 Å². The summed E-state index contributed by atoms with van der Waals surface area (Å²) < 4.78 is 11.3. The number of carbonyl (C=O) groups is 1. The van der Waals surface area contributed by atoms with Crippen LogP contribution in [0.3, 0.4) is 0 Å². The van der Waals surface area contributed by atoms with Gasteiger partial charge in [-0.05, 0) is 39.0 Å². The summed E-state index contributed by atoms with van der Waals surface area (Å²) in [5.74, 6) is 0.683. The first-order valence-electron chi connectivity index (χ1n) is 7.50. The van der Waals surface area contributed by atoms with Crippen molar-refractivity contribution in [3.05, 3.63) is 0 Å². The number of carbonyl (C=O) groups excluding carboxylic acids is 1. The van der Waals surface area contributed by atoms with Gasteiger partial charge >= 0.3 is 0 Å². The number of hydrogen-bond acceptors (Lipinski definition) is 3. The zero-order chi connectivity index (χ0) is 12.8. The summed E-state index contributed by atoms with van der Waals surface area (Å²) in [6.45, 7) is 4.23. The zero-order valence-electron chi connectivity index (χ0n) is 11.6. The third kappa shape index (κ3) is 3.55. The smallest absolute Gasteiger partial charge is 0.136 e. The number of rotatable bonds is 6. The van der Waals surface area contributed by atoms with Gasteiger partial charge < -0.3 is 9.47 Å². The lowest BCUT2D eigenvalue weighted by atomic mass is 9.81. The highest BCUT2D eigenvalue weighted by Gasteiger charge is 2.41. The molecule has 0 amide bonds. The van der Waals surface area contributed by atoms with Gasteiger partial charge in [0, 0.05) is 32.2 Å². The topological polar surface area (TPSA) is 35.5 Å². The van der Waals surface area contributed by atoms with Gasteiger partial charge in [0.1, 0.15) is 5.78 Å². The Hall–Kier alpha value is -0.410. The minimum atomic E-state index is 0.0680. The second-order valence-corrected chi connectivity index (χ2v) is 5.70. The molecule has 0 aromatic heterocycles. The molecule has 1 spiro atoms. The van der Waals surface area contributed by atoms with Crippen LogP contribution in [0, 0.1) is 5.92 Å². The molecule has 2 fully saturated rings. The van der Waals surface area contributed by atoms with E-state index in [4.69, 9.17) is 9.47 Å². The molecule has 1 atom stereocenters. The van der Waals surface area contributed by atoms with Gasteiger partial charge in [0.15, 0.2) is 0 Å². The van der Waals surface area contributed by atoms with Gasteiger partial charge in [0.25, 0.3) is 0 Å². The Morgan fingerprint density at radius 1 is 1.39 bits per heavy atom. The van der Waals surface area contributed by atoms with Crippen molar-refractivity contribution in [1.82, 2.24) is 0 Å². The molecule has 0 N–H and O–H groups in total. The van der Waals surface area contributed by atoms with Crippen LogP contribution in [0.1, 0.15) is 58.3 Å². The lowest BCUT2D eigenvalue weighted by Gasteiger charge is -2.37. The van der Waals surface area contributed by atoms with Gasteiger partial charge in [0.05, 0.1) is 5.60 Å². The molecular weight excluding hydrogens is 228 g/mol. The van der Waals surface area contributed by atoms with E-state index in [1.165, 1.54) is 12.8 Å². The largest absolute Gasteiger partial charge is 0.382 e. The highest BCUT2D eigenvalue weighted by molar-refractivity contribution is 5.81. The average molecular weight is 254 g/mol. The lowest BCUT2D eigenvalue weighted by molar-refractivity contribution is -0.136. The van der Waals surface area contributed by atoms with E-state index in [0.717, 1.165) is 51.9 Å². The molecule has 1 aliphatic carbocycles. The maximum absolute atomic E-state index is 12.2. The van der Waals surface area contributed by atoms with E-state index in [2.05, 4.69) is 0 Å². The quantitative estimate of drug-likeness (QED) is 0.683. The van der Waals surface area contributed by atoms with Gasteiger partial charge in [-0.3, -0.25) is 4.79 Å². The molecule has 0 aromatic carbocycles. The maximum Gasteiger partial charge on any atom is 0.136 e. The van der Waals surface area contributed by atoms with E-state index in [1.54, 1.807) is 0 Å². The maximum atomic E-state index is 12.2. The van der Waals surface area contributed by atoms with Crippen LogP contribution < -0.4 is 0 Å². The molecule has 0 bridgehead atoms. The number of ketones is 1. The van der Waals surface area contributed by atoms with Gasteiger partial charge in [-0.1, -0.05) is 12.8 Å². The fourth-order valence-electron chi connectivity index (χ4n) is 3.37. The third-order valence-electron chi connectivity index (χ3n) is 4.38. The molecular formula is C15H26O3. The van der Waals surface area contributed by atoms with Crippen molar-refractivity contribution < 1.29 is 14.3 Å². The van der Waals surface area contributed by atoms with Gasteiger partial charge in [-0.25, -0.2) is 0 Å². The third-order valence-corrected chi connectivity index (χ3v) is 4.38. The van der Waals surface area contributed by atoms with Crippen molar-refractivity contribution in [2.75, 3.05) is 19.8 Å². The Kier molecular flexibility index (Phi) is 5.19. The van der Waals surface area contributed by atoms with Crippen molar-refractivity contribution in [3.8, 4) is 0 Å². The summed E-state index contributed by atoms with van der Waals surface area (Å²) in [5.41, 5.74) is 0.0680. The second-order valence-electron chi connectivity index (χ2n) is 5.70. The summed E-state index contributed by atoms with van der Waals surface area (Å²) in [5, 5.41) is 0. The molecule has 0 radical (unpaired) electrons. The van der Waals surface area contributed by atoms with Crippen LogP contribution in [0.2, 0.25) is 0 Å². The van der Waals surface area contributed by atoms with Crippen LogP contribution in [0.25, 0.3) is 0 Å². The normalized spacial score (nSPS) is 26.6. The van der Waals surface area contributed by atoms with E-state index in [9.17, 15) is 4.79 Å². The van der Waals surface area contributed by atoms with E-state index in [-0.39, 0.29) is 11.5 Å². The molecule has 3 heteroatoms. The van der Waals surface area contributed by atoms with Crippen molar-refractivity contribution >= 4 is 5.78 Å². The van der Waals surface area contributed by atoms with Crippen LogP contribution in [0.15, 0.2) is 0 Å². The number of Topliss-reactive ketones (excluding diaryl/α,β-unsaturated/α-hetero) is 1. The van der Waals surface area contributed by atoms with Crippen molar-refractivity contribution in [3.63, 3.8) is 0 Å². The monoisotopic (exact) mass is 254 g/mol. The van der Waals surface area contributed by atoms with Crippen molar-refractivity contribution in [1.29, 1.82) is 0 Å². The summed E-state index contributed by atoms with van der Waals surface area (Å²) in [4.78, 5) is 12.2. The fraction of sp³-hybridized carbons (Fsp3) is 0.933. The molecule has 1 unspecified atom stereocenters. The van der Waals surface area contributed by atoms with Gasteiger partial charge in [0.2, 0.25) is 0 Å². The second kappa shape index (κ2) is 6.67. The highest BCUT2D eigenvalue weighted by atomic mass is 16.5. The molecule has 0 aromatic rings. The minimum absolute atomic E-state index is 0.0680. The Morgan fingerprint density at radius 2 is 2.17 bits per heavy atom. The van der Waals surface area contributed by atoms with E-state index in [1.807, 2.05) is 6.92 Å². The molecule has 1 heterocycles. The summed E-state index contributed by atoms with van der Waals surface area (Å²) in [7, 11) is 0. The van der Waals surface area contributed by atoms with Crippen molar-refractivity contribution in [2.45, 2.75) is 63.9 Å². The van der Waals surface area contributed by atoms with Crippen LogP contribution in [-0.2, 0) is 14.3 Å². The average Bonchev–Trinajstić information content (AvgIpc) is 2.82. The predicted octanol–water partition coefficient (Wildman–Crippen LogP) is 3.11. The number of hydrogen-bond donors (Lipinski definition) is 0. The number of ether oxygens (including phenoxy) is 2. The van der Waals surface area contributed by atoms with E-state index < -0.39 is 0 Å². The molecule has 2 aliphatic rings. The first kappa shape index (κ1) is 14.0. The Labute approximate surface area is 110 Å². The lowest BCUT2D eigenvalue weighted by Crippen LogP contribution is -2.39. The van der Waals surface area contributed by atoms with Gasteiger partial charge in [-0.15, -0.1) is 0 Å². The molecule has 1 saturated heterocycles. The predicted molar refractivity (Wildman–Crippen MR) is 70.6 cm³/mol. The summed E-state index contributed by atoms with van der Waals surface area (Å²) in [6, 6.07) is 0. The van der Waals surface area contributed by atoms with Crippen LogP contribution in [-0.4, -0.2) is 31.2 Å². The van der Waals surface area contributed by atoms with E-state index >= 15 is 0 Å². The Bertz CT molecular complexity index is 269. The molecule has 2 rings (SSSR count). The summed E-state index contributed by atoms with van der Waals surface area (Å²) in [6.07, 6.45) is 8.31. The molecule has 1 aliphatic heterocycles. The molecule has 104 valence electrons. The highest BCUT2D eigenvalue weighted by Crippen LogP contribution is 2.42. The Balaban J connectivity index is 1.75. The zero-order valence-corrected chi connectivity index (χ0v) is 11.6. The standard InChI is InChI=1S/C15H26O3/c1-2-17-10-5-6-14(16)13-7-11-18-15(12-13)8-3-4-9-15/h13H,2-12H2,1H3. The first-order chi connectivity index (χ1) is 8.76. The SMILES string of the molecule is CCOCCCC(=O)C1CCOC2(CCCC2)C1. The van der Waals surface area contributed by atoms with Crippen LogP contribution >= 0.6 is 0 Å². The molecule has 1 saturated carbocycles. The van der Waals surface area contributed by atoms with E-state index in [0.29, 0.717) is 12.2 Å².